The van der Waals surface area contributed by atoms with Crippen molar-refractivity contribution in [2.45, 2.75) is 11.0 Å². The van der Waals surface area contributed by atoms with Crippen LogP contribution in [0.2, 0.25) is 0 Å². The second-order valence-corrected chi connectivity index (χ2v) is 6.08. The summed E-state index contributed by atoms with van der Waals surface area (Å²) in [5.74, 6) is 0.133. The number of carbonyl (C=O) groups is 1. The Kier molecular flexibility index (Phi) is 5.84. The molecule has 1 aromatic carbocycles. The minimum absolute atomic E-state index is 0.0814. The molecule has 0 saturated heterocycles. The molecule has 0 spiro atoms. The van der Waals surface area contributed by atoms with Gasteiger partial charge in [0.05, 0.1) is 0 Å². The number of rotatable bonds is 7. The summed E-state index contributed by atoms with van der Waals surface area (Å²) in [6, 6.07) is 5.52. The number of ether oxygens (including phenoxy) is 1. The molecule has 0 aliphatic rings. The lowest BCUT2D eigenvalue weighted by atomic mass is 10.2. The molecule has 1 heterocycles. The summed E-state index contributed by atoms with van der Waals surface area (Å²) in [7, 11) is 0. The van der Waals surface area contributed by atoms with Gasteiger partial charge in [-0.15, -0.1) is 16.8 Å². The number of halogens is 2. The highest BCUT2D eigenvalue weighted by atomic mass is 32.2. The molecule has 22 heavy (non-hydrogen) atoms. The van der Waals surface area contributed by atoms with E-state index in [9.17, 15) is 13.6 Å². The van der Waals surface area contributed by atoms with E-state index in [0.29, 0.717) is 15.2 Å². The van der Waals surface area contributed by atoms with Crippen molar-refractivity contribution < 1.29 is 18.3 Å². The predicted molar refractivity (Wildman–Crippen MR) is 81.9 cm³/mol. The van der Waals surface area contributed by atoms with Crippen LogP contribution in [0.4, 0.5) is 13.9 Å². The normalized spacial score (nSPS) is 10.5. The summed E-state index contributed by atoms with van der Waals surface area (Å²) < 4.78 is 29.3. The Hall–Kier alpha value is -2.00. The Morgan fingerprint density at radius 1 is 1.50 bits per heavy atom. The number of thioether (sulfide) groups is 1. The number of hydrogen-bond donors (Lipinski definition) is 1. The van der Waals surface area contributed by atoms with Crippen LogP contribution in [0.25, 0.3) is 0 Å². The molecule has 5 nitrogen and oxygen atoms in total. The molecular weight excluding hydrogens is 332 g/mol. The topological polar surface area (TPSA) is 64.1 Å². The van der Waals surface area contributed by atoms with Gasteiger partial charge in [0.2, 0.25) is 5.13 Å². The van der Waals surface area contributed by atoms with Gasteiger partial charge in [-0.25, -0.2) is 0 Å². The number of aromatic nitrogens is 2. The average molecular weight is 343 g/mol. The Balaban J connectivity index is 2.02. The highest BCUT2D eigenvalue weighted by Crippen LogP contribution is 2.26. The van der Waals surface area contributed by atoms with Gasteiger partial charge in [0.15, 0.2) is 4.34 Å². The third-order valence-corrected chi connectivity index (χ3v) is 4.24. The lowest BCUT2D eigenvalue weighted by Crippen LogP contribution is -2.12. The van der Waals surface area contributed by atoms with E-state index in [1.165, 1.54) is 47.4 Å². The standard InChI is InChI=1S/C13H11F2N3O2S2/c1-2-6-21-13-18-17-12(22-13)16-10(19)8-4-3-5-9(7-8)20-11(14)15/h2-5,7,11H,1,6H2,(H,16,17,19). The van der Waals surface area contributed by atoms with Crippen molar-refractivity contribution >= 4 is 34.1 Å². The highest BCUT2D eigenvalue weighted by molar-refractivity contribution is 8.01. The lowest BCUT2D eigenvalue weighted by Gasteiger charge is -2.06. The largest absolute Gasteiger partial charge is 0.435 e. The van der Waals surface area contributed by atoms with Crippen LogP contribution in [0.5, 0.6) is 5.75 Å². The molecule has 0 saturated carbocycles. The quantitative estimate of drug-likeness (QED) is 0.472. The van der Waals surface area contributed by atoms with Crippen molar-refractivity contribution in [2.75, 3.05) is 11.1 Å². The fourth-order valence-electron chi connectivity index (χ4n) is 1.43. The minimum Gasteiger partial charge on any atom is -0.435 e. The molecule has 2 rings (SSSR count). The fourth-order valence-corrected chi connectivity index (χ4v) is 2.94. The Morgan fingerprint density at radius 3 is 3.05 bits per heavy atom. The molecular formula is C13H11F2N3O2S2. The van der Waals surface area contributed by atoms with Gasteiger partial charge in [-0.1, -0.05) is 35.2 Å². The maximum absolute atomic E-state index is 12.2. The third kappa shape index (κ3) is 4.78. The third-order valence-electron chi connectivity index (χ3n) is 2.27. The van der Waals surface area contributed by atoms with E-state index < -0.39 is 12.5 Å². The molecule has 0 atom stereocenters. The first-order valence-electron chi connectivity index (χ1n) is 6.02. The molecule has 0 unspecified atom stereocenters. The highest BCUT2D eigenvalue weighted by Gasteiger charge is 2.12. The van der Waals surface area contributed by atoms with E-state index in [1.54, 1.807) is 6.08 Å². The summed E-state index contributed by atoms with van der Waals surface area (Å²) in [4.78, 5) is 12.0. The summed E-state index contributed by atoms with van der Waals surface area (Å²) >= 11 is 2.67. The van der Waals surface area contributed by atoms with Crippen LogP contribution in [0.3, 0.4) is 0 Å². The van der Waals surface area contributed by atoms with Crippen molar-refractivity contribution in [3.8, 4) is 5.75 Å². The summed E-state index contributed by atoms with van der Waals surface area (Å²) in [5, 5.41) is 10.6. The smallest absolute Gasteiger partial charge is 0.387 e. The maximum atomic E-state index is 12.2. The number of carbonyl (C=O) groups excluding carboxylic acids is 1. The summed E-state index contributed by atoms with van der Waals surface area (Å²) in [5.41, 5.74) is 0.189. The first-order chi connectivity index (χ1) is 10.6. The molecule has 0 bridgehead atoms. The van der Waals surface area contributed by atoms with Gasteiger partial charge in [0, 0.05) is 11.3 Å². The van der Waals surface area contributed by atoms with E-state index in [1.807, 2.05) is 0 Å². The Bertz CT molecular complexity index is 664. The predicted octanol–water partition coefficient (Wildman–Crippen LogP) is 3.67. The van der Waals surface area contributed by atoms with Gasteiger partial charge in [0.25, 0.3) is 5.91 Å². The van der Waals surface area contributed by atoms with E-state index in [4.69, 9.17) is 0 Å². The first-order valence-corrected chi connectivity index (χ1v) is 7.82. The van der Waals surface area contributed by atoms with Gasteiger partial charge in [-0.3, -0.25) is 10.1 Å². The second-order valence-electron chi connectivity index (χ2n) is 3.83. The molecule has 1 amide bonds. The van der Waals surface area contributed by atoms with E-state index in [-0.39, 0.29) is 11.3 Å². The van der Waals surface area contributed by atoms with Crippen molar-refractivity contribution in [3.63, 3.8) is 0 Å². The van der Waals surface area contributed by atoms with Gasteiger partial charge in [0.1, 0.15) is 5.75 Å². The molecule has 0 radical (unpaired) electrons. The zero-order valence-electron chi connectivity index (χ0n) is 11.2. The van der Waals surface area contributed by atoms with Gasteiger partial charge in [-0.2, -0.15) is 8.78 Å². The number of anilines is 1. The van der Waals surface area contributed by atoms with Crippen LogP contribution >= 0.6 is 23.1 Å². The molecule has 9 heteroatoms. The van der Waals surface area contributed by atoms with E-state index in [0.717, 1.165) is 0 Å². The summed E-state index contributed by atoms with van der Waals surface area (Å²) in [6.07, 6.45) is 1.73. The summed E-state index contributed by atoms with van der Waals surface area (Å²) in [6.45, 7) is 0.661. The van der Waals surface area contributed by atoms with Crippen LogP contribution < -0.4 is 10.1 Å². The maximum Gasteiger partial charge on any atom is 0.387 e. The van der Waals surface area contributed by atoms with Crippen molar-refractivity contribution in [2.24, 2.45) is 0 Å². The number of alkyl halides is 2. The Morgan fingerprint density at radius 2 is 2.32 bits per heavy atom. The number of hydrogen-bond acceptors (Lipinski definition) is 6. The molecule has 0 fully saturated rings. The van der Waals surface area contributed by atoms with Crippen LogP contribution in [0, 0.1) is 0 Å². The average Bonchev–Trinajstić information content (AvgIpc) is 2.92. The molecule has 0 aliphatic heterocycles. The zero-order chi connectivity index (χ0) is 15.9. The van der Waals surface area contributed by atoms with Crippen molar-refractivity contribution in [1.82, 2.24) is 10.2 Å². The van der Waals surface area contributed by atoms with Crippen LogP contribution in [-0.2, 0) is 0 Å². The van der Waals surface area contributed by atoms with E-state index >= 15 is 0 Å². The molecule has 1 aromatic heterocycles. The number of nitrogens with one attached hydrogen (secondary N) is 1. The van der Waals surface area contributed by atoms with Crippen molar-refractivity contribution in [1.29, 1.82) is 0 Å². The molecule has 0 aliphatic carbocycles. The number of benzene rings is 1. The number of nitrogens with zero attached hydrogens (tertiary/aromatic N) is 2. The van der Waals surface area contributed by atoms with Gasteiger partial charge in [-0.05, 0) is 18.2 Å². The minimum atomic E-state index is -2.94. The van der Waals surface area contributed by atoms with E-state index in [2.05, 4.69) is 26.8 Å². The van der Waals surface area contributed by atoms with Crippen LogP contribution in [-0.4, -0.2) is 28.5 Å². The zero-order valence-corrected chi connectivity index (χ0v) is 12.8. The fraction of sp³-hybridized carbons (Fsp3) is 0.154. The molecule has 1 N–H and O–H groups in total. The Labute approximate surface area is 133 Å². The number of amides is 1. The molecule has 116 valence electrons. The van der Waals surface area contributed by atoms with Gasteiger partial charge >= 0.3 is 6.61 Å². The first kappa shape index (κ1) is 16.4. The second kappa shape index (κ2) is 7.85. The lowest BCUT2D eigenvalue weighted by molar-refractivity contribution is -0.0498. The van der Waals surface area contributed by atoms with Crippen LogP contribution in [0.1, 0.15) is 10.4 Å². The van der Waals surface area contributed by atoms with Crippen LogP contribution in [0.15, 0.2) is 41.3 Å². The monoisotopic (exact) mass is 343 g/mol. The van der Waals surface area contributed by atoms with Gasteiger partial charge < -0.3 is 4.74 Å². The SMILES string of the molecule is C=CCSc1nnc(NC(=O)c2cccc(OC(F)F)c2)s1. The molecule has 2 aromatic rings. The van der Waals surface area contributed by atoms with Crippen molar-refractivity contribution in [3.05, 3.63) is 42.5 Å².